The predicted molar refractivity (Wildman–Crippen MR) is 219 cm³/mol. The minimum Gasteiger partial charge on any atom is -0.508 e. The number of halogens is 4. The number of aryl methyl sites for hydroxylation is 1. The summed E-state index contributed by atoms with van der Waals surface area (Å²) in [5, 5.41) is 20.6. The van der Waals surface area contributed by atoms with E-state index in [1.54, 1.807) is 32.1 Å². The highest BCUT2D eigenvalue weighted by molar-refractivity contribution is 6.18. The van der Waals surface area contributed by atoms with Crippen LogP contribution in [0.5, 0.6) is 11.8 Å². The van der Waals surface area contributed by atoms with Gasteiger partial charge in [-0.3, -0.25) is 9.58 Å². The summed E-state index contributed by atoms with van der Waals surface area (Å²) in [6.45, 7) is 2.66. The molecule has 5 aliphatic rings. The molecule has 4 heterocycles. The Kier molecular flexibility index (Phi) is 9.66. The van der Waals surface area contributed by atoms with Gasteiger partial charge in [-0.25, -0.2) is 17.6 Å². The van der Waals surface area contributed by atoms with Crippen LogP contribution in [0.4, 0.5) is 23.4 Å². The molecule has 3 saturated carbocycles. The molecule has 2 unspecified atom stereocenters. The number of hydrogen-bond donors (Lipinski definition) is 2. The zero-order valence-electron chi connectivity index (χ0n) is 34.0. The minimum absolute atomic E-state index is 0.0400. The average molecular weight is 828 g/mol. The number of nitrogens with zero attached hydrogens (tertiary/aromatic N) is 6. The summed E-state index contributed by atoms with van der Waals surface area (Å²) in [5.41, 5.74) is -1.32. The Morgan fingerprint density at radius 2 is 1.65 bits per heavy atom. The van der Waals surface area contributed by atoms with Crippen molar-refractivity contribution in [3.63, 3.8) is 0 Å². The second kappa shape index (κ2) is 14.7. The molecule has 2 N–H and O–H groups in total. The number of nitrogens with one attached hydrogen (secondary N) is 1. The number of piperazine rings is 1. The second-order valence-corrected chi connectivity index (χ2v) is 18.0. The number of fused-ring (bicyclic) bond motifs is 6. The van der Waals surface area contributed by atoms with Gasteiger partial charge in [0.25, 0.3) is 5.92 Å². The maximum absolute atomic E-state index is 17.9. The largest absolute Gasteiger partial charge is 0.508 e. The molecule has 316 valence electrons. The number of ether oxygens (including phenoxy) is 3. The van der Waals surface area contributed by atoms with Gasteiger partial charge in [-0.15, -0.1) is 6.42 Å². The fourth-order valence-electron chi connectivity index (χ4n) is 10.7. The lowest BCUT2D eigenvalue weighted by Crippen LogP contribution is -2.59. The van der Waals surface area contributed by atoms with Crippen molar-refractivity contribution in [3.05, 3.63) is 47.7 Å². The van der Waals surface area contributed by atoms with E-state index in [0.29, 0.717) is 46.5 Å². The van der Waals surface area contributed by atoms with Crippen molar-refractivity contribution >= 4 is 38.4 Å². The molecule has 0 radical (unpaired) electrons. The third kappa shape index (κ3) is 6.44. The molecule has 3 atom stereocenters. The number of rotatable bonds is 13. The number of terminal acetylenes is 1. The maximum atomic E-state index is 17.9. The van der Waals surface area contributed by atoms with Crippen LogP contribution in [0, 0.1) is 41.2 Å². The van der Waals surface area contributed by atoms with Crippen LogP contribution in [0.1, 0.15) is 50.5 Å². The molecule has 3 aromatic carbocycles. The molecule has 2 saturated heterocycles. The Labute approximate surface area is 345 Å². The summed E-state index contributed by atoms with van der Waals surface area (Å²) < 4.78 is 82.2. The summed E-state index contributed by atoms with van der Waals surface area (Å²) in [5.74, 6) is -0.792. The van der Waals surface area contributed by atoms with E-state index in [0.717, 1.165) is 58.2 Å². The molecule has 5 fully saturated rings. The highest BCUT2D eigenvalue weighted by Gasteiger charge is 2.71. The third-order valence-corrected chi connectivity index (χ3v) is 14.0. The van der Waals surface area contributed by atoms with Crippen molar-refractivity contribution in [2.45, 2.75) is 75.0 Å². The highest BCUT2D eigenvalue weighted by atomic mass is 19.3. The first kappa shape index (κ1) is 39.4. The lowest BCUT2D eigenvalue weighted by atomic mass is 9.79. The number of methoxy groups -OCH3 is 2. The Bertz CT molecular complexity index is 2540. The van der Waals surface area contributed by atoms with Crippen molar-refractivity contribution in [2.24, 2.45) is 24.3 Å². The molecule has 0 amide bonds. The van der Waals surface area contributed by atoms with Gasteiger partial charge < -0.3 is 29.5 Å². The summed E-state index contributed by atoms with van der Waals surface area (Å²) in [7, 11) is 5.12. The van der Waals surface area contributed by atoms with Crippen molar-refractivity contribution < 1.29 is 36.9 Å². The minimum atomic E-state index is -2.96. The average Bonchev–Trinajstić information content (AvgIpc) is 3.36. The zero-order valence-corrected chi connectivity index (χ0v) is 34.0. The van der Waals surface area contributed by atoms with E-state index in [2.05, 4.69) is 26.0 Å². The fourth-order valence-corrected chi connectivity index (χ4v) is 10.7. The van der Waals surface area contributed by atoms with Crippen molar-refractivity contribution in [2.75, 3.05) is 58.6 Å². The summed E-state index contributed by atoms with van der Waals surface area (Å²) in [6, 6.07) is 5.96. The molecule has 3 aliphatic carbocycles. The van der Waals surface area contributed by atoms with Crippen LogP contribution in [0.25, 0.3) is 43.7 Å². The number of likely N-dealkylation sites (tertiary alicyclic amines) is 1. The second-order valence-electron chi connectivity index (χ2n) is 18.0. The van der Waals surface area contributed by atoms with Gasteiger partial charge in [0.05, 0.1) is 16.4 Å². The fraction of sp³-hybridized carbons (Fsp3) is 0.533. The van der Waals surface area contributed by atoms with Crippen LogP contribution >= 0.6 is 0 Å². The van der Waals surface area contributed by atoms with Crippen LogP contribution in [0.2, 0.25) is 0 Å². The number of aromatic nitrogens is 4. The number of aromatic hydroxyl groups is 1. The van der Waals surface area contributed by atoms with Gasteiger partial charge in [-0.1, -0.05) is 12.0 Å². The van der Waals surface area contributed by atoms with E-state index in [9.17, 15) is 5.11 Å². The van der Waals surface area contributed by atoms with Gasteiger partial charge >= 0.3 is 6.01 Å². The van der Waals surface area contributed by atoms with Gasteiger partial charge in [-0.05, 0) is 79.5 Å². The van der Waals surface area contributed by atoms with Crippen LogP contribution in [-0.4, -0.2) is 114 Å². The van der Waals surface area contributed by atoms with Gasteiger partial charge in [0, 0.05) is 107 Å². The number of phenols is 1. The monoisotopic (exact) mass is 827 g/mol. The normalized spacial score (nSPS) is 28.3. The lowest BCUT2D eigenvalue weighted by molar-refractivity contribution is 0.0198. The van der Waals surface area contributed by atoms with E-state index in [1.807, 2.05) is 0 Å². The van der Waals surface area contributed by atoms with E-state index in [1.165, 1.54) is 24.3 Å². The van der Waals surface area contributed by atoms with Gasteiger partial charge in [0.2, 0.25) is 0 Å². The van der Waals surface area contributed by atoms with Gasteiger partial charge in [0.1, 0.15) is 35.0 Å². The first-order valence-corrected chi connectivity index (χ1v) is 20.9. The Morgan fingerprint density at radius 1 is 0.950 bits per heavy atom. The standard InChI is InChI=1S/C45H49F4N7O4/c1-5-32-35(46)9-6-26-14-31(57)15-33(36(26)32)37-39(47)41-38(34-18-54(2)53-40(34)37)42(56-28-7-8-29(56)17-55(16-28)30-12-25(13-30)20-59-4)52-43(51-41)60-23-44(21-45(44,48)49)22-50-27-10-24(11-27)19-58-3/h1,6,9,14-15,18,24-25,27-30,50,57H,7-8,10-13,16-17,19-23H2,2-4H3/t24?,25?,27?,28?,29?,30?,44-/m1/s1. The zero-order chi connectivity index (χ0) is 41.7. The third-order valence-electron chi connectivity index (χ3n) is 14.0. The number of hydrogen-bond acceptors (Lipinski definition) is 10. The SMILES string of the molecule is C#Cc1c(F)ccc2cc(O)cc(-c3c(F)c4nc(OC[C@]5(CNC6CC(COC)C6)CC5(F)F)nc(N5C6CCC5CN(C5CC(COC)C5)C6)c4c4cn(C)nc34)c12. The summed E-state index contributed by atoms with van der Waals surface area (Å²) in [6.07, 6.45) is 12.9. The molecule has 2 aromatic heterocycles. The lowest BCUT2D eigenvalue weighted by Gasteiger charge is -2.49. The molecule has 60 heavy (non-hydrogen) atoms. The van der Waals surface area contributed by atoms with Crippen LogP contribution in [0.3, 0.4) is 0 Å². The maximum Gasteiger partial charge on any atom is 0.319 e. The molecule has 0 spiro atoms. The summed E-state index contributed by atoms with van der Waals surface area (Å²) >= 11 is 0. The summed E-state index contributed by atoms with van der Waals surface area (Å²) in [4.78, 5) is 14.5. The Balaban J connectivity index is 1.09. The van der Waals surface area contributed by atoms with E-state index >= 15 is 17.6 Å². The molecule has 2 aliphatic heterocycles. The first-order valence-electron chi connectivity index (χ1n) is 20.9. The molecule has 11 nitrogen and oxygen atoms in total. The molecular formula is C45H49F4N7O4. The molecule has 10 rings (SSSR count). The van der Waals surface area contributed by atoms with Crippen LogP contribution < -0.4 is 15.0 Å². The first-order chi connectivity index (χ1) is 28.9. The van der Waals surface area contributed by atoms with Gasteiger partial charge in [-0.2, -0.15) is 15.1 Å². The smallest absolute Gasteiger partial charge is 0.319 e. The quantitative estimate of drug-likeness (QED) is 0.0973. The molecule has 5 aromatic rings. The highest BCUT2D eigenvalue weighted by Crippen LogP contribution is 2.60. The van der Waals surface area contributed by atoms with Crippen molar-refractivity contribution in [1.82, 2.24) is 30.0 Å². The van der Waals surface area contributed by atoms with E-state index in [-0.39, 0.29) is 82.6 Å². The van der Waals surface area contributed by atoms with E-state index < -0.39 is 23.0 Å². The Morgan fingerprint density at radius 3 is 2.32 bits per heavy atom. The predicted octanol–water partition coefficient (Wildman–Crippen LogP) is 6.80. The number of benzene rings is 3. The Hall–Kier alpha value is -4.75. The van der Waals surface area contributed by atoms with Crippen LogP contribution in [0.15, 0.2) is 30.5 Å². The number of phenolic OH excluding ortho intramolecular Hbond substituents is 1. The van der Waals surface area contributed by atoms with Crippen molar-refractivity contribution in [3.8, 4) is 35.2 Å². The van der Waals surface area contributed by atoms with Crippen LogP contribution in [-0.2, 0) is 16.5 Å². The molecule has 15 heteroatoms. The topological polar surface area (TPSA) is 110 Å². The molecular weight excluding hydrogens is 779 g/mol. The van der Waals surface area contributed by atoms with E-state index in [4.69, 9.17) is 30.7 Å². The molecule has 2 bridgehead atoms. The van der Waals surface area contributed by atoms with Crippen molar-refractivity contribution in [1.29, 1.82) is 0 Å². The number of alkyl halides is 2. The number of anilines is 1. The van der Waals surface area contributed by atoms with Gasteiger partial charge in [0.15, 0.2) is 5.82 Å².